The Labute approximate surface area is 80.2 Å². The highest BCUT2D eigenvalue weighted by Crippen LogP contribution is 2.24. The Balaban J connectivity index is 2.98. The van der Waals surface area contributed by atoms with E-state index in [0.29, 0.717) is 11.1 Å². The average molecular weight is 190 g/mol. The summed E-state index contributed by atoms with van der Waals surface area (Å²) in [6.45, 7) is 0. The third kappa shape index (κ3) is 1.12. The molecule has 1 aromatic heterocycles. The Kier molecular flexibility index (Phi) is 1.89. The molecule has 1 heterocycles. The minimum absolute atomic E-state index is 0.0930. The van der Waals surface area contributed by atoms with Crippen LogP contribution in [0, 0.1) is 0 Å². The van der Waals surface area contributed by atoms with Gasteiger partial charge in [0.2, 0.25) is 0 Å². The lowest BCUT2D eigenvalue weighted by atomic mass is 10.1. The molecule has 0 aliphatic carbocycles. The molecule has 0 amide bonds. The van der Waals surface area contributed by atoms with Crippen molar-refractivity contribution in [2.75, 3.05) is 12.4 Å². The summed E-state index contributed by atoms with van der Waals surface area (Å²) >= 11 is 0. The third-order valence-electron chi connectivity index (χ3n) is 2.16. The van der Waals surface area contributed by atoms with Crippen LogP contribution in [0.15, 0.2) is 29.1 Å². The molecule has 0 saturated heterocycles. The largest absolute Gasteiger partial charge is 0.494 e. The van der Waals surface area contributed by atoms with Crippen LogP contribution in [0.5, 0.6) is 5.88 Å². The Morgan fingerprint density at radius 3 is 2.57 bits per heavy atom. The molecule has 0 atom stereocenters. The van der Waals surface area contributed by atoms with E-state index >= 15 is 0 Å². The molecule has 72 valence electrons. The minimum Gasteiger partial charge on any atom is -0.494 e. The van der Waals surface area contributed by atoms with Crippen molar-refractivity contribution in [1.29, 1.82) is 0 Å². The predicted octanol–water partition coefficient (Wildman–Crippen LogP) is 1.28. The molecule has 2 aromatic rings. The van der Waals surface area contributed by atoms with Crippen molar-refractivity contribution in [3.05, 3.63) is 34.6 Å². The molecule has 0 aliphatic rings. The quantitative estimate of drug-likeness (QED) is 0.634. The number of benzene rings is 1. The minimum atomic E-state index is -0.316. The van der Waals surface area contributed by atoms with Crippen LogP contribution in [0.25, 0.3) is 10.8 Å². The van der Waals surface area contributed by atoms with Crippen molar-refractivity contribution < 1.29 is 5.11 Å². The fourth-order valence-electron chi connectivity index (χ4n) is 1.52. The Morgan fingerprint density at radius 2 is 1.93 bits per heavy atom. The molecule has 2 rings (SSSR count). The lowest BCUT2D eigenvalue weighted by molar-refractivity contribution is 0.459. The lowest BCUT2D eigenvalue weighted by Crippen LogP contribution is -2.11. The van der Waals surface area contributed by atoms with E-state index < -0.39 is 0 Å². The van der Waals surface area contributed by atoms with Gasteiger partial charge in [0.15, 0.2) is 5.88 Å². The molecular weight excluding hydrogens is 180 g/mol. The van der Waals surface area contributed by atoms with Gasteiger partial charge in [-0.3, -0.25) is 9.78 Å². The first-order valence-corrected chi connectivity index (χ1v) is 4.26. The van der Waals surface area contributed by atoms with Gasteiger partial charge in [-0.2, -0.15) is 0 Å². The number of aromatic nitrogens is 1. The van der Waals surface area contributed by atoms with E-state index in [4.69, 9.17) is 0 Å². The van der Waals surface area contributed by atoms with Gasteiger partial charge < -0.3 is 10.4 Å². The molecule has 4 heteroatoms. The maximum atomic E-state index is 11.4. The van der Waals surface area contributed by atoms with Crippen LogP contribution in [0.2, 0.25) is 0 Å². The maximum Gasteiger partial charge on any atom is 0.274 e. The highest BCUT2D eigenvalue weighted by Gasteiger charge is 2.07. The van der Waals surface area contributed by atoms with E-state index in [9.17, 15) is 9.90 Å². The Bertz CT molecular complexity index is 531. The molecule has 0 spiro atoms. The SMILES string of the molecule is CNc1c(=O)[nH]c(O)c2ccccc12. The van der Waals surface area contributed by atoms with Crippen molar-refractivity contribution in [2.45, 2.75) is 0 Å². The summed E-state index contributed by atoms with van der Waals surface area (Å²) in [7, 11) is 1.67. The van der Waals surface area contributed by atoms with Crippen LogP contribution < -0.4 is 10.9 Å². The second-order valence-corrected chi connectivity index (χ2v) is 2.97. The Morgan fingerprint density at radius 1 is 1.29 bits per heavy atom. The summed E-state index contributed by atoms with van der Waals surface area (Å²) in [6, 6.07) is 7.17. The normalized spacial score (nSPS) is 10.4. The molecule has 14 heavy (non-hydrogen) atoms. The van der Waals surface area contributed by atoms with Gasteiger partial charge in [0.05, 0.1) is 0 Å². The lowest BCUT2D eigenvalue weighted by Gasteiger charge is -2.05. The first-order chi connectivity index (χ1) is 6.74. The molecule has 0 aliphatic heterocycles. The van der Waals surface area contributed by atoms with E-state index in [1.807, 2.05) is 6.07 Å². The summed E-state index contributed by atoms with van der Waals surface area (Å²) in [4.78, 5) is 13.8. The number of fused-ring (bicyclic) bond motifs is 1. The maximum absolute atomic E-state index is 11.4. The fourth-order valence-corrected chi connectivity index (χ4v) is 1.52. The van der Waals surface area contributed by atoms with E-state index in [1.54, 1.807) is 25.2 Å². The second-order valence-electron chi connectivity index (χ2n) is 2.97. The predicted molar refractivity (Wildman–Crippen MR) is 55.8 cm³/mol. The summed E-state index contributed by atoms with van der Waals surface area (Å²) in [5.41, 5.74) is 0.155. The molecule has 0 bridgehead atoms. The van der Waals surface area contributed by atoms with Crippen molar-refractivity contribution >= 4 is 16.5 Å². The van der Waals surface area contributed by atoms with Gasteiger partial charge >= 0.3 is 0 Å². The number of anilines is 1. The van der Waals surface area contributed by atoms with E-state index in [0.717, 1.165) is 5.39 Å². The zero-order chi connectivity index (χ0) is 10.1. The molecule has 1 aromatic carbocycles. The molecule has 0 radical (unpaired) electrons. The molecule has 4 nitrogen and oxygen atoms in total. The van der Waals surface area contributed by atoms with Gasteiger partial charge in [-0.05, 0) is 6.07 Å². The molecule has 3 N–H and O–H groups in total. The Hall–Kier alpha value is -1.97. The number of aromatic amines is 1. The standard InChI is InChI=1S/C10H10N2O2/c1-11-8-6-4-2-3-5-7(6)9(13)12-10(8)14/h2-5,11H,1H3,(H2,12,13,14). The molecule has 0 unspecified atom stereocenters. The van der Waals surface area contributed by atoms with Crippen LogP contribution in [-0.4, -0.2) is 17.1 Å². The third-order valence-corrected chi connectivity index (χ3v) is 2.16. The molecule has 0 fully saturated rings. The highest BCUT2D eigenvalue weighted by atomic mass is 16.3. The van der Waals surface area contributed by atoms with Crippen LogP contribution in [0.3, 0.4) is 0 Å². The van der Waals surface area contributed by atoms with Gasteiger partial charge in [-0.1, -0.05) is 18.2 Å². The van der Waals surface area contributed by atoms with Gasteiger partial charge in [0.25, 0.3) is 5.56 Å². The zero-order valence-electron chi connectivity index (χ0n) is 7.66. The van der Waals surface area contributed by atoms with E-state index in [1.165, 1.54) is 0 Å². The highest BCUT2D eigenvalue weighted by molar-refractivity contribution is 5.96. The second kappa shape index (κ2) is 3.06. The van der Waals surface area contributed by atoms with Gasteiger partial charge in [0, 0.05) is 17.8 Å². The van der Waals surface area contributed by atoms with Gasteiger partial charge in [-0.15, -0.1) is 0 Å². The smallest absolute Gasteiger partial charge is 0.274 e. The fraction of sp³-hybridized carbons (Fsp3) is 0.100. The summed E-state index contributed by atoms with van der Waals surface area (Å²) in [5.74, 6) is -0.0930. The van der Waals surface area contributed by atoms with Gasteiger partial charge in [-0.25, -0.2) is 0 Å². The number of hydrogen-bond acceptors (Lipinski definition) is 3. The number of pyridine rings is 1. The molecule has 0 saturated carbocycles. The number of aromatic hydroxyl groups is 1. The summed E-state index contributed by atoms with van der Waals surface area (Å²) < 4.78 is 0. The number of nitrogens with one attached hydrogen (secondary N) is 2. The van der Waals surface area contributed by atoms with Crippen LogP contribution in [0.1, 0.15) is 0 Å². The zero-order valence-corrected chi connectivity index (χ0v) is 7.66. The van der Waals surface area contributed by atoms with Crippen LogP contribution in [-0.2, 0) is 0 Å². The van der Waals surface area contributed by atoms with Crippen LogP contribution in [0.4, 0.5) is 5.69 Å². The van der Waals surface area contributed by atoms with Crippen molar-refractivity contribution in [3.63, 3.8) is 0 Å². The van der Waals surface area contributed by atoms with Crippen molar-refractivity contribution in [1.82, 2.24) is 4.98 Å². The van der Waals surface area contributed by atoms with Crippen molar-refractivity contribution in [3.8, 4) is 5.88 Å². The summed E-state index contributed by atoms with van der Waals surface area (Å²) in [6.07, 6.45) is 0. The van der Waals surface area contributed by atoms with Crippen LogP contribution >= 0.6 is 0 Å². The van der Waals surface area contributed by atoms with Crippen molar-refractivity contribution in [2.24, 2.45) is 0 Å². The first kappa shape index (κ1) is 8.62. The number of H-pyrrole nitrogens is 1. The topological polar surface area (TPSA) is 65.1 Å². The average Bonchev–Trinajstić information content (AvgIpc) is 2.18. The molecular formula is C10H10N2O2. The first-order valence-electron chi connectivity index (χ1n) is 4.26. The monoisotopic (exact) mass is 190 g/mol. The number of rotatable bonds is 1. The summed E-state index contributed by atoms with van der Waals surface area (Å²) in [5, 5.41) is 13.7. The number of hydrogen-bond donors (Lipinski definition) is 3. The van der Waals surface area contributed by atoms with E-state index in [2.05, 4.69) is 10.3 Å². The van der Waals surface area contributed by atoms with E-state index in [-0.39, 0.29) is 11.4 Å². The van der Waals surface area contributed by atoms with Gasteiger partial charge in [0.1, 0.15) is 5.69 Å².